The van der Waals surface area contributed by atoms with Gasteiger partial charge in [0, 0.05) is 6.42 Å². The highest BCUT2D eigenvalue weighted by Crippen LogP contribution is 2.30. The van der Waals surface area contributed by atoms with Crippen LogP contribution in [0.2, 0.25) is 0 Å². The van der Waals surface area contributed by atoms with Crippen molar-refractivity contribution in [2.45, 2.75) is 421 Å². The van der Waals surface area contributed by atoms with Crippen LogP contribution in [0.15, 0.2) is 0 Å². The summed E-state index contributed by atoms with van der Waals surface area (Å²) in [6.45, 7) is 2.92. The molecule has 2 saturated heterocycles. The van der Waals surface area contributed by atoms with Crippen LogP contribution in [-0.4, -0.2) is 140 Å². The van der Waals surface area contributed by atoms with E-state index in [9.17, 15) is 45.6 Å². The predicted molar refractivity (Wildman–Crippen MR) is 342 cm³/mol. The lowest BCUT2D eigenvalue weighted by Gasteiger charge is -2.46. The minimum absolute atomic E-state index is 0.197. The van der Waals surface area contributed by atoms with Gasteiger partial charge in [0.15, 0.2) is 12.6 Å². The lowest BCUT2D eigenvalue weighted by atomic mass is 9.97. The third-order valence-electron chi connectivity index (χ3n) is 18.3. The number of rotatable bonds is 61. The number of aliphatic hydroxyl groups is 8. The monoisotopic (exact) mass is 1200 g/mol. The fourth-order valence-electron chi connectivity index (χ4n) is 12.5. The van der Waals surface area contributed by atoms with Gasteiger partial charge >= 0.3 is 0 Å². The molecular weight excluding hydrogens is 1060 g/mol. The minimum atomic E-state index is -1.78. The first-order chi connectivity index (χ1) is 41.1. The summed E-state index contributed by atoms with van der Waals surface area (Å²) in [4.78, 5) is 13.3. The molecule has 12 atom stereocenters. The van der Waals surface area contributed by atoms with Crippen molar-refractivity contribution in [2.24, 2.45) is 0 Å². The number of nitrogens with one attached hydrogen (secondary N) is 1. The highest BCUT2D eigenvalue weighted by atomic mass is 16.7. The molecule has 9 N–H and O–H groups in total. The largest absolute Gasteiger partial charge is 0.394 e. The molecule has 0 saturated carbocycles. The minimum Gasteiger partial charge on any atom is -0.394 e. The van der Waals surface area contributed by atoms with Crippen LogP contribution in [0.25, 0.3) is 0 Å². The normalized spacial score (nSPS) is 23.5. The topological polar surface area (TPSA) is 228 Å². The van der Waals surface area contributed by atoms with Crippen LogP contribution >= 0.6 is 0 Å². The smallest absolute Gasteiger partial charge is 0.220 e. The van der Waals surface area contributed by atoms with Crippen LogP contribution in [-0.2, 0) is 23.7 Å². The number of carbonyl (C=O) groups is 1. The molecular formula is C70H137NO13. The molecule has 2 fully saturated rings. The second kappa shape index (κ2) is 56.0. The van der Waals surface area contributed by atoms with Crippen molar-refractivity contribution < 1.29 is 64.6 Å². The van der Waals surface area contributed by atoms with Gasteiger partial charge in [-0.3, -0.25) is 4.79 Å². The van der Waals surface area contributed by atoms with Crippen molar-refractivity contribution in [3.05, 3.63) is 0 Å². The maximum Gasteiger partial charge on any atom is 0.220 e. The Morgan fingerprint density at radius 3 is 1.01 bits per heavy atom. The molecule has 0 bridgehead atoms. The fourth-order valence-corrected chi connectivity index (χ4v) is 12.5. The Morgan fingerprint density at radius 2 is 0.679 bits per heavy atom. The molecule has 12 unspecified atom stereocenters. The summed E-state index contributed by atoms with van der Waals surface area (Å²) in [6, 6.07) is -0.824. The van der Waals surface area contributed by atoms with Crippen molar-refractivity contribution in [2.75, 3.05) is 19.8 Å². The molecule has 1 amide bonds. The summed E-state index contributed by atoms with van der Waals surface area (Å²) in [5.74, 6) is -0.197. The molecule has 14 nitrogen and oxygen atoms in total. The van der Waals surface area contributed by atoms with Gasteiger partial charge in [0.05, 0.1) is 32.0 Å². The second-order valence-electron chi connectivity index (χ2n) is 26.1. The van der Waals surface area contributed by atoms with E-state index < -0.39 is 86.8 Å². The summed E-state index contributed by atoms with van der Waals surface area (Å²) in [5.41, 5.74) is 0. The van der Waals surface area contributed by atoms with Gasteiger partial charge in [-0.15, -0.1) is 0 Å². The average Bonchev–Trinajstić information content (AvgIpc) is 3.17. The molecule has 500 valence electrons. The molecule has 0 aliphatic carbocycles. The van der Waals surface area contributed by atoms with E-state index in [1.165, 1.54) is 270 Å². The van der Waals surface area contributed by atoms with E-state index in [1.54, 1.807) is 0 Å². The highest BCUT2D eigenvalue weighted by molar-refractivity contribution is 5.76. The van der Waals surface area contributed by atoms with Gasteiger partial charge in [-0.25, -0.2) is 0 Å². The van der Waals surface area contributed by atoms with E-state index in [0.29, 0.717) is 12.8 Å². The SMILES string of the molecule is CCCCCCCCCCCCCCCCCCCCCCCCCCCCCCCCCCCC(=O)NC(COC1OC(CO)C(OC2OC(CO)C(O)C(O)C2O)C(O)C1O)C(O)CCCCCCCCCCCCCCCCCCC. The highest BCUT2D eigenvalue weighted by Gasteiger charge is 2.51. The molecule has 0 spiro atoms. The van der Waals surface area contributed by atoms with Crippen LogP contribution in [0.1, 0.15) is 348 Å². The first-order valence-electron chi connectivity index (χ1n) is 36.3. The van der Waals surface area contributed by atoms with E-state index in [4.69, 9.17) is 18.9 Å². The molecule has 14 heteroatoms. The van der Waals surface area contributed by atoms with Gasteiger partial charge in [-0.05, 0) is 12.8 Å². The molecule has 2 rings (SSSR count). The fraction of sp³-hybridized carbons (Fsp3) is 0.986. The van der Waals surface area contributed by atoms with Gasteiger partial charge in [-0.1, -0.05) is 328 Å². The van der Waals surface area contributed by atoms with Crippen LogP contribution in [0, 0.1) is 0 Å². The van der Waals surface area contributed by atoms with Gasteiger partial charge in [0.2, 0.25) is 5.91 Å². The van der Waals surface area contributed by atoms with E-state index in [1.807, 2.05) is 0 Å². The van der Waals surface area contributed by atoms with Gasteiger partial charge in [0.1, 0.15) is 48.8 Å². The Hall–Kier alpha value is -1.01. The average molecular weight is 1200 g/mol. The predicted octanol–water partition coefficient (Wildman–Crippen LogP) is 14.8. The third kappa shape index (κ3) is 39.9. The van der Waals surface area contributed by atoms with Gasteiger partial charge < -0.3 is 65.1 Å². The van der Waals surface area contributed by atoms with Crippen molar-refractivity contribution in [3.8, 4) is 0 Å². The van der Waals surface area contributed by atoms with E-state index >= 15 is 0 Å². The van der Waals surface area contributed by atoms with Gasteiger partial charge in [-0.2, -0.15) is 0 Å². The first kappa shape index (κ1) is 79.1. The summed E-state index contributed by atoms with van der Waals surface area (Å²) in [6.07, 6.45) is 49.9. The van der Waals surface area contributed by atoms with Crippen LogP contribution in [0.4, 0.5) is 0 Å². The van der Waals surface area contributed by atoms with Crippen molar-refractivity contribution in [1.29, 1.82) is 0 Å². The summed E-state index contributed by atoms with van der Waals surface area (Å²) >= 11 is 0. The molecule has 0 radical (unpaired) electrons. The number of carbonyl (C=O) groups excluding carboxylic acids is 1. The Balaban J connectivity index is 1.60. The lowest BCUT2D eigenvalue weighted by molar-refractivity contribution is -0.359. The molecule has 0 aromatic rings. The quantitative estimate of drug-likeness (QED) is 0.0259. The van der Waals surface area contributed by atoms with Crippen molar-refractivity contribution in [1.82, 2.24) is 5.32 Å². The standard InChI is InChI=1S/C70H137NO13/c1-3-5-7-9-11-13-15-17-19-21-22-23-24-25-26-27-28-29-30-31-32-33-34-35-36-38-40-42-44-46-48-50-52-54-62(75)71-58(59(74)53-51-49-47-45-43-41-39-37-20-18-16-14-12-10-8-6-4-2)57-81-69-67(80)65(78)68(61(56-73)83-69)84-70-66(79)64(77)63(76)60(55-72)82-70/h58-61,63-70,72-74,76-80H,3-57H2,1-2H3,(H,71,75). The number of ether oxygens (including phenoxy) is 4. The van der Waals surface area contributed by atoms with Crippen LogP contribution in [0.5, 0.6) is 0 Å². The van der Waals surface area contributed by atoms with Crippen LogP contribution in [0.3, 0.4) is 0 Å². The van der Waals surface area contributed by atoms with Crippen molar-refractivity contribution >= 4 is 5.91 Å². The maximum absolute atomic E-state index is 13.3. The zero-order valence-electron chi connectivity index (χ0n) is 54.4. The first-order valence-corrected chi connectivity index (χ1v) is 36.3. The van der Waals surface area contributed by atoms with Crippen LogP contribution < -0.4 is 5.32 Å². The molecule has 0 aromatic carbocycles. The number of aliphatic hydroxyl groups excluding tert-OH is 8. The van der Waals surface area contributed by atoms with E-state index in [0.717, 1.165) is 51.4 Å². The number of amides is 1. The zero-order valence-corrected chi connectivity index (χ0v) is 54.4. The zero-order chi connectivity index (χ0) is 60.9. The summed E-state index contributed by atoms with van der Waals surface area (Å²) in [7, 11) is 0. The Morgan fingerprint density at radius 1 is 0.381 bits per heavy atom. The molecule has 84 heavy (non-hydrogen) atoms. The molecule has 2 heterocycles. The van der Waals surface area contributed by atoms with E-state index in [-0.39, 0.29) is 12.5 Å². The van der Waals surface area contributed by atoms with Crippen molar-refractivity contribution in [3.63, 3.8) is 0 Å². The van der Waals surface area contributed by atoms with Gasteiger partial charge in [0.25, 0.3) is 0 Å². The molecule has 0 aromatic heterocycles. The number of hydrogen-bond donors (Lipinski definition) is 9. The Bertz CT molecular complexity index is 1410. The Kier molecular flexibility index (Phi) is 52.7. The number of hydrogen-bond acceptors (Lipinski definition) is 13. The number of unbranched alkanes of at least 4 members (excludes halogenated alkanes) is 48. The second-order valence-corrected chi connectivity index (χ2v) is 26.1. The summed E-state index contributed by atoms with van der Waals surface area (Å²) < 4.78 is 22.9. The molecule has 2 aliphatic heterocycles. The lowest BCUT2D eigenvalue weighted by Crippen LogP contribution is -2.65. The van der Waals surface area contributed by atoms with E-state index in [2.05, 4.69) is 19.2 Å². The maximum atomic E-state index is 13.3. The Labute approximate surface area is 514 Å². The molecule has 2 aliphatic rings. The summed E-state index contributed by atoms with van der Waals surface area (Å²) in [5, 5.41) is 87.6. The third-order valence-corrected chi connectivity index (χ3v) is 18.3.